The summed E-state index contributed by atoms with van der Waals surface area (Å²) in [5.41, 5.74) is 2.49. The normalized spacial score (nSPS) is 15.8. The molecule has 10 heteroatoms. The number of carbonyl (C=O) groups excluding carboxylic acids is 3. The third-order valence-electron chi connectivity index (χ3n) is 6.10. The van der Waals surface area contributed by atoms with Crippen molar-refractivity contribution in [2.45, 2.75) is 25.8 Å². The molecule has 1 aliphatic heterocycles. The Morgan fingerprint density at radius 2 is 1.78 bits per heavy atom. The Hall–Kier alpha value is -4.21. The molecule has 10 nitrogen and oxygen atoms in total. The number of amides is 2. The number of benzene rings is 2. The van der Waals surface area contributed by atoms with E-state index in [4.69, 9.17) is 9.47 Å². The molecule has 2 aromatic rings. The zero-order valence-electron chi connectivity index (χ0n) is 20.7. The summed E-state index contributed by atoms with van der Waals surface area (Å²) in [6, 6.07) is 11.2. The van der Waals surface area contributed by atoms with Crippen LogP contribution in [0.25, 0.3) is 17.2 Å². The average Bonchev–Trinajstić information content (AvgIpc) is 2.89. The maximum atomic E-state index is 13.2. The van der Waals surface area contributed by atoms with Crippen LogP contribution in [0, 0.1) is 10.1 Å². The number of hydrogen-bond acceptors (Lipinski definition) is 7. The van der Waals surface area contributed by atoms with E-state index in [0.29, 0.717) is 16.7 Å². The van der Waals surface area contributed by atoms with E-state index in [0.717, 1.165) is 5.56 Å². The van der Waals surface area contributed by atoms with Crippen LogP contribution in [0.1, 0.15) is 30.9 Å². The van der Waals surface area contributed by atoms with Gasteiger partial charge in [0.25, 0.3) is 5.69 Å². The smallest absolute Gasteiger partial charge is 0.409 e. The minimum Gasteiger partial charge on any atom is -0.467 e. The monoisotopic (exact) mass is 495 g/mol. The number of hydrogen-bond donors (Lipinski definition) is 0. The van der Waals surface area contributed by atoms with Crippen molar-refractivity contribution in [1.29, 1.82) is 0 Å². The lowest BCUT2D eigenvalue weighted by molar-refractivity contribution is -0.384. The molecule has 2 aromatic carbocycles. The van der Waals surface area contributed by atoms with Crippen LogP contribution in [0.4, 0.5) is 10.5 Å². The molecule has 1 aliphatic rings. The lowest BCUT2D eigenvalue weighted by Gasteiger charge is -2.38. The van der Waals surface area contributed by atoms with Gasteiger partial charge in [0.2, 0.25) is 5.91 Å². The van der Waals surface area contributed by atoms with Crippen LogP contribution in [0.15, 0.2) is 48.5 Å². The predicted molar refractivity (Wildman–Crippen MR) is 133 cm³/mol. The van der Waals surface area contributed by atoms with Crippen LogP contribution in [-0.4, -0.2) is 72.6 Å². The number of nitrogens with zero attached hydrogens (tertiary/aromatic N) is 3. The average molecular weight is 496 g/mol. The molecule has 36 heavy (non-hydrogen) atoms. The maximum Gasteiger partial charge on any atom is 0.409 e. The highest BCUT2D eigenvalue weighted by Gasteiger charge is 2.37. The first-order valence-electron chi connectivity index (χ1n) is 11.5. The third-order valence-corrected chi connectivity index (χ3v) is 6.10. The number of piperazine rings is 1. The topological polar surface area (TPSA) is 119 Å². The van der Waals surface area contributed by atoms with Crippen LogP contribution in [0.3, 0.4) is 0 Å². The number of esters is 1. The van der Waals surface area contributed by atoms with Crippen LogP contribution >= 0.6 is 0 Å². The van der Waals surface area contributed by atoms with E-state index >= 15 is 0 Å². The Kier molecular flexibility index (Phi) is 8.42. The van der Waals surface area contributed by atoms with Crippen LogP contribution in [0.2, 0.25) is 0 Å². The van der Waals surface area contributed by atoms with Crippen molar-refractivity contribution >= 4 is 29.7 Å². The Bertz CT molecular complexity index is 1190. The molecular formula is C26H29N3O7. The van der Waals surface area contributed by atoms with Gasteiger partial charge in [0, 0.05) is 25.2 Å². The molecule has 1 unspecified atom stereocenters. The molecule has 0 bridgehead atoms. The first-order chi connectivity index (χ1) is 17.2. The minimum atomic E-state index is -1.01. The van der Waals surface area contributed by atoms with Crippen molar-refractivity contribution < 1.29 is 28.8 Å². The summed E-state index contributed by atoms with van der Waals surface area (Å²) in [5.74, 6) is -1.02. The van der Waals surface area contributed by atoms with E-state index in [1.54, 1.807) is 12.1 Å². The molecule has 0 aromatic heterocycles. The van der Waals surface area contributed by atoms with Gasteiger partial charge < -0.3 is 19.3 Å². The van der Waals surface area contributed by atoms with E-state index in [-0.39, 0.29) is 31.2 Å². The van der Waals surface area contributed by atoms with Crippen molar-refractivity contribution in [1.82, 2.24) is 9.80 Å². The van der Waals surface area contributed by atoms with Gasteiger partial charge in [-0.2, -0.15) is 0 Å². The first-order valence-corrected chi connectivity index (χ1v) is 11.5. The molecule has 1 atom stereocenters. The summed E-state index contributed by atoms with van der Waals surface area (Å²) in [6.45, 7) is 4.23. The molecule has 2 amide bonds. The highest BCUT2D eigenvalue weighted by Crippen LogP contribution is 2.38. The van der Waals surface area contributed by atoms with Crippen molar-refractivity contribution in [2.75, 3.05) is 33.9 Å². The fourth-order valence-corrected chi connectivity index (χ4v) is 4.31. The second-order valence-corrected chi connectivity index (χ2v) is 8.56. The molecule has 1 saturated heterocycles. The largest absolute Gasteiger partial charge is 0.467 e. The number of methoxy groups -OCH3 is 2. The van der Waals surface area contributed by atoms with Gasteiger partial charge in [0.1, 0.15) is 6.04 Å². The quantitative estimate of drug-likeness (QED) is 0.258. The summed E-state index contributed by atoms with van der Waals surface area (Å²) in [7, 11) is 2.45. The van der Waals surface area contributed by atoms with Crippen molar-refractivity contribution in [3.8, 4) is 11.1 Å². The summed E-state index contributed by atoms with van der Waals surface area (Å²) >= 11 is 0. The maximum absolute atomic E-state index is 13.2. The second-order valence-electron chi connectivity index (χ2n) is 8.56. The zero-order chi connectivity index (χ0) is 26.4. The van der Waals surface area contributed by atoms with Gasteiger partial charge in [-0.1, -0.05) is 50.2 Å². The number of nitro benzene ring substituents is 1. The molecular weight excluding hydrogens is 466 g/mol. The highest BCUT2D eigenvalue weighted by atomic mass is 16.6. The van der Waals surface area contributed by atoms with E-state index < -0.39 is 28.9 Å². The SMILES string of the molecule is COC(=O)C1CN(C(=O)OC)CCN1C(=O)/C=C/c1cccc([N+](=O)[O-])c1-c1ccccc1C(C)C. The first kappa shape index (κ1) is 26.4. The molecule has 0 spiro atoms. The molecule has 0 N–H and O–H groups in total. The lowest BCUT2D eigenvalue weighted by Crippen LogP contribution is -2.59. The van der Waals surface area contributed by atoms with Crippen molar-refractivity contribution in [2.24, 2.45) is 0 Å². The van der Waals surface area contributed by atoms with E-state index in [1.807, 2.05) is 38.1 Å². The molecule has 0 aliphatic carbocycles. The van der Waals surface area contributed by atoms with Gasteiger partial charge in [-0.3, -0.25) is 14.9 Å². The summed E-state index contributed by atoms with van der Waals surface area (Å²) < 4.78 is 9.57. The third kappa shape index (κ3) is 5.54. The Morgan fingerprint density at radius 3 is 2.42 bits per heavy atom. The Labute approximate surface area is 209 Å². The van der Waals surface area contributed by atoms with Gasteiger partial charge in [-0.15, -0.1) is 0 Å². The van der Waals surface area contributed by atoms with Gasteiger partial charge >= 0.3 is 12.1 Å². The number of carbonyl (C=O) groups is 3. The summed E-state index contributed by atoms with van der Waals surface area (Å²) in [4.78, 5) is 51.6. The molecule has 0 radical (unpaired) electrons. The second kappa shape index (κ2) is 11.5. The van der Waals surface area contributed by atoms with Gasteiger partial charge in [0.05, 0.1) is 31.3 Å². The predicted octanol–water partition coefficient (Wildman–Crippen LogP) is 3.85. The van der Waals surface area contributed by atoms with Crippen LogP contribution in [0.5, 0.6) is 0 Å². The van der Waals surface area contributed by atoms with E-state index in [1.165, 1.54) is 42.2 Å². The Balaban J connectivity index is 1.99. The summed E-state index contributed by atoms with van der Waals surface area (Å²) in [6.07, 6.45) is 2.20. The molecule has 1 heterocycles. The highest BCUT2D eigenvalue weighted by molar-refractivity contribution is 5.97. The summed E-state index contributed by atoms with van der Waals surface area (Å²) in [5, 5.41) is 11.9. The van der Waals surface area contributed by atoms with E-state index in [9.17, 15) is 24.5 Å². The molecule has 0 saturated carbocycles. The van der Waals surface area contributed by atoms with Gasteiger partial charge in [0.15, 0.2) is 0 Å². The van der Waals surface area contributed by atoms with Gasteiger partial charge in [-0.25, -0.2) is 9.59 Å². The zero-order valence-corrected chi connectivity index (χ0v) is 20.7. The fourth-order valence-electron chi connectivity index (χ4n) is 4.31. The lowest BCUT2D eigenvalue weighted by atomic mass is 9.89. The van der Waals surface area contributed by atoms with Gasteiger partial charge in [-0.05, 0) is 28.7 Å². The number of rotatable bonds is 6. The van der Waals surface area contributed by atoms with Crippen molar-refractivity contribution in [3.63, 3.8) is 0 Å². The standard InChI is InChI=1S/C26H29N3O7/c1-17(2)19-9-5-6-10-20(19)24-18(8-7-11-21(24)29(33)34)12-13-23(30)28-15-14-27(26(32)36-4)16-22(28)25(31)35-3/h5-13,17,22H,14-16H2,1-4H3/b13-12+. The Morgan fingerprint density at radius 1 is 1.06 bits per heavy atom. The molecule has 190 valence electrons. The molecule has 1 fully saturated rings. The minimum absolute atomic E-state index is 0.0667. The number of ether oxygens (including phenoxy) is 2. The van der Waals surface area contributed by atoms with E-state index in [2.05, 4.69) is 0 Å². The van der Waals surface area contributed by atoms with Crippen LogP contribution in [-0.2, 0) is 19.1 Å². The van der Waals surface area contributed by atoms with Crippen molar-refractivity contribution in [3.05, 3.63) is 69.8 Å². The molecule has 3 rings (SSSR count). The fraction of sp³-hybridized carbons (Fsp3) is 0.346. The number of nitro groups is 1. The van der Waals surface area contributed by atoms with Crippen LogP contribution < -0.4 is 0 Å².